The summed E-state index contributed by atoms with van der Waals surface area (Å²) in [5, 5.41) is 17.4. The molecule has 20 heavy (non-hydrogen) atoms. The molecule has 1 aliphatic rings. The summed E-state index contributed by atoms with van der Waals surface area (Å²) in [6.07, 6.45) is 2.10. The lowest BCUT2D eigenvalue weighted by atomic mass is 10.1. The normalized spacial score (nSPS) is 19.9. The number of nitrogens with zero attached hydrogens (tertiary/aromatic N) is 4. The standard InChI is InChI=1S/C13H16N6O/c1-9(16-11-6-13(20)14-7-11)10-3-2-4-12(5-10)19-8-15-17-18-19/h2-5,8-9,11,16H,6-7H2,1H3,(H,14,20). The fourth-order valence-corrected chi connectivity index (χ4v) is 2.39. The van der Waals surface area contributed by atoms with Crippen molar-refractivity contribution in [3.63, 3.8) is 0 Å². The first-order chi connectivity index (χ1) is 9.72. The molecular formula is C13H16N6O. The maximum absolute atomic E-state index is 11.2. The Bertz CT molecular complexity index is 597. The Balaban J connectivity index is 1.73. The first kappa shape index (κ1) is 12.7. The molecule has 7 heteroatoms. The van der Waals surface area contributed by atoms with E-state index in [1.165, 1.54) is 0 Å². The van der Waals surface area contributed by atoms with Gasteiger partial charge in [-0.3, -0.25) is 4.79 Å². The van der Waals surface area contributed by atoms with Crippen LogP contribution in [0.1, 0.15) is 24.9 Å². The SMILES string of the molecule is CC(NC1CNC(=O)C1)c1cccc(-n2cnnn2)c1. The molecule has 1 fully saturated rings. The molecule has 7 nitrogen and oxygen atoms in total. The summed E-state index contributed by atoms with van der Waals surface area (Å²) in [4.78, 5) is 11.2. The number of tetrazole rings is 1. The van der Waals surface area contributed by atoms with E-state index in [4.69, 9.17) is 0 Å². The summed E-state index contributed by atoms with van der Waals surface area (Å²) >= 11 is 0. The molecular weight excluding hydrogens is 256 g/mol. The molecule has 1 aromatic carbocycles. The van der Waals surface area contributed by atoms with Crippen LogP contribution < -0.4 is 10.6 Å². The van der Waals surface area contributed by atoms with Gasteiger partial charge in [0.15, 0.2) is 0 Å². The van der Waals surface area contributed by atoms with Crippen molar-refractivity contribution in [3.05, 3.63) is 36.2 Å². The van der Waals surface area contributed by atoms with Crippen molar-refractivity contribution in [2.24, 2.45) is 0 Å². The van der Waals surface area contributed by atoms with Crippen molar-refractivity contribution in [1.82, 2.24) is 30.8 Å². The van der Waals surface area contributed by atoms with Gasteiger partial charge in [0.2, 0.25) is 5.91 Å². The number of rotatable bonds is 4. The highest BCUT2D eigenvalue weighted by atomic mass is 16.1. The van der Waals surface area contributed by atoms with Gasteiger partial charge in [0.05, 0.1) is 5.69 Å². The molecule has 0 radical (unpaired) electrons. The fourth-order valence-electron chi connectivity index (χ4n) is 2.39. The lowest BCUT2D eigenvalue weighted by Crippen LogP contribution is -2.33. The highest BCUT2D eigenvalue weighted by Crippen LogP contribution is 2.17. The van der Waals surface area contributed by atoms with E-state index in [-0.39, 0.29) is 18.0 Å². The quantitative estimate of drug-likeness (QED) is 0.830. The largest absolute Gasteiger partial charge is 0.354 e. The summed E-state index contributed by atoms with van der Waals surface area (Å²) in [5.74, 6) is 0.108. The minimum atomic E-state index is 0.108. The summed E-state index contributed by atoms with van der Waals surface area (Å²) in [7, 11) is 0. The lowest BCUT2D eigenvalue weighted by Gasteiger charge is -2.19. The van der Waals surface area contributed by atoms with Crippen LogP contribution in [0.25, 0.3) is 5.69 Å². The van der Waals surface area contributed by atoms with Crippen molar-refractivity contribution in [2.75, 3.05) is 6.54 Å². The molecule has 104 valence electrons. The molecule has 1 aliphatic heterocycles. The van der Waals surface area contributed by atoms with E-state index in [1.54, 1.807) is 11.0 Å². The molecule has 0 saturated carbocycles. The van der Waals surface area contributed by atoms with Crippen molar-refractivity contribution in [1.29, 1.82) is 0 Å². The molecule has 2 aromatic rings. The zero-order valence-corrected chi connectivity index (χ0v) is 11.2. The van der Waals surface area contributed by atoms with Gasteiger partial charge in [-0.1, -0.05) is 12.1 Å². The second kappa shape index (κ2) is 5.38. The maximum Gasteiger partial charge on any atom is 0.221 e. The zero-order valence-electron chi connectivity index (χ0n) is 11.2. The Morgan fingerprint density at radius 2 is 2.40 bits per heavy atom. The molecule has 2 heterocycles. The average molecular weight is 272 g/mol. The molecule has 0 spiro atoms. The summed E-state index contributed by atoms with van der Waals surface area (Å²) in [6, 6.07) is 8.36. The van der Waals surface area contributed by atoms with Crippen LogP contribution in [0.4, 0.5) is 0 Å². The first-order valence-corrected chi connectivity index (χ1v) is 6.58. The van der Waals surface area contributed by atoms with Crippen LogP contribution in [-0.4, -0.2) is 38.7 Å². The fraction of sp³-hybridized carbons (Fsp3) is 0.385. The Hall–Kier alpha value is -2.28. The Morgan fingerprint density at radius 3 is 3.10 bits per heavy atom. The van der Waals surface area contributed by atoms with Gasteiger partial charge in [0.25, 0.3) is 0 Å². The highest BCUT2D eigenvalue weighted by molar-refractivity contribution is 5.78. The second-order valence-electron chi connectivity index (χ2n) is 4.94. The van der Waals surface area contributed by atoms with Crippen LogP contribution in [0.2, 0.25) is 0 Å². The third-order valence-corrected chi connectivity index (χ3v) is 3.45. The van der Waals surface area contributed by atoms with Crippen molar-refractivity contribution in [3.8, 4) is 5.69 Å². The number of hydrogen-bond acceptors (Lipinski definition) is 5. The third-order valence-electron chi connectivity index (χ3n) is 3.45. The molecule has 2 N–H and O–H groups in total. The van der Waals surface area contributed by atoms with Gasteiger partial charge >= 0.3 is 0 Å². The van der Waals surface area contributed by atoms with Crippen molar-refractivity contribution < 1.29 is 4.79 Å². The topological polar surface area (TPSA) is 84.7 Å². The number of carbonyl (C=O) groups excluding carboxylic acids is 1. The molecule has 1 saturated heterocycles. The molecule has 0 bridgehead atoms. The first-order valence-electron chi connectivity index (χ1n) is 6.58. The van der Waals surface area contributed by atoms with E-state index in [0.29, 0.717) is 13.0 Å². The number of nitrogens with one attached hydrogen (secondary N) is 2. The van der Waals surface area contributed by atoms with Crippen LogP contribution in [0.15, 0.2) is 30.6 Å². The van der Waals surface area contributed by atoms with Crippen molar-refractivity contribution >= 4 is 5.91 Å². The minimum Gasteiger partial charge on any atom is -0.354 e. The molecule has 2 unspecified atom stereocenters. The summed E-state index contributed by atoms with van der Waals surface area (Å²) < 4.78 is 1.62. The molecule has 3 rings (SSSR count). The predicted molar refractivity (Wildman–Crippen MR) is 72.1 cm³/mol. The summed E-state index contributed by atoms with van der Waals surface area (Å²) in [6.45, 7) is 2.78. The van der Waals surface area contributed by atoms with Crippen LogP contribution in [-0.2, 0) is 4.79 Å². The van der Waals surface area contributed by atoms with Crippen LogP contribution >= 0.6 is 0 Å². The van der Waals surface area contributed by atoms with E-state index in [9.17, 15) is 4.79 Å². The van der Waals surface area contributed by atoms with E-state index in [0.717, 1.165) is 11.3 Å². The Kier molecular flexibility index (Phi) is 3.42. The number of amides is 1. The lowest BCUT2D eigenvalue weighted by molar-refractivity contribution is -0.119. The third kappa shape index (κ3) is 2.67. The minimum absolute atomic E-state index is 0.108. The van der Waals surface area contributed by atoms with Gasteiger partial charge in [0, 0.05) is 25.0 Å². The number of hydrogen-bond donors (Lipinski definition) is 2. The smallest absolute Gasteiger partial charge is 0.221 e. The number of aromatic nitrogens is 4. The van der Waals surface area contributed by atoms with E-state index in [1.807, 2.05) is 18.2 Å². The van der Waals surface area contributed by atoms with Crippen LogP contribution in [0, 0.1) is 0 Å². The average Bonchev–Trinajstić information content (AvgIpc) is 3.11. The van der Waals surface area contributed by atoms with Gasteiger partial charge in [-0.2, -0.15) is 0 Å². The monoisotopic (exact) mass is 272 g/mol. The van der Waals surface area contributed by atoms with Gasteiger partial charge in [-0.05, 0) is 35.0 Å². The molecule has 0 aliphatic carbocycles. The van der Waals surface area contributed by atoms with Gasteiger partial charge in [-0.15, -0.1) is 5.10 Å². The highest BCUT2D eigenvalue weighted by Gasteiger charge is 2.22. The van der Waals surface area contributed by atoms with E-state index >= 15 is 0 Å². The molecule has 2 atom stereocenters. The van der Waals surface area contributed by atoms with Gasteiger partial charge in [0.1, 0.15) is 6.33 Å². The second-order valence-corrected chi connectivity index (χ2v) is 4.94. The molecule has 1 aromatic heterocycles. The maximum atomic E-state index is 11.2. The summed E-state index contributed by atoms with van der Waals surface area (Å²) in [5.41, 5.74) is 2.05. The van der Waals surface area contributed by atoms with Crippen molar-refractivity contribution in [2.45, 2.75) is 25.4 Å². The van der Waals surface area contributed by atoms with Gasteiger partial charge < -0.3 is 10.6 Å². The molecule has 1 amide bonds. The van der Waals surface area contributed by atoms with E-state index < -0.39 is 0 Å². The van der Waals surface area contributed by atoms with Gasteiger partial charge in [-0.25, -0.2) is 4.68 Å². The zero-order chi connectivity index (χ0) is 13.9. The van der Waals surface area contributed by atoms with E-state index in [2.05, 4.69) is 39.1 Å². The van der Waals surface area contributed by atoms with Crippen LogP contribution in [0.3, 0.4) is 0 Å². The Labute approximate surface area is 116 Å². The number of carbonyl (C=O) groups is 1. The van der Waals surface area contributed by atoms with Crippen LogP contribution in [0.5, 0.6) is 0 Å². The predicted octanol–water partition coefficient (Wildman–Crippen LogP) is 0.201. The Morgan fingerprint density at radius 1 is 1.50 bits per heavy atom. The number of benzene rings is 1.